The van der Waals surface area contributed by atoms with E-state index in [-0.39, 0.29) is 11.5 Å². The molecule has 2 aromatic carbocycles. The average Bonchev–Trinajstić information content (AvgIpc) is 2.89. The summed E-state index contributed by atoms with van der Waals surface area (Å²) in [6.45, 7) is 5.79. The highest BCUT2D eigenvalue weighted by Gasteiger charge is 2.31. The summed E-state index contributed by atoms with van der Waals surface area (Å²) in [4.78, 5) is 29.0. The van der Waals surface area contributed by atoms with E-state index in [4.69, 9.17) is 5.73 Å². The van der Waals surface area contributed by atoms with Gasteiger partial charge in [0.1, 0.15) is 0 Å². The van der Waals surface area contributed by atoms with Gasteiger partial charge in [-0.1, -0.05) is 36.4 Å². The summed E-state index contributed by atoms with van der Waals surface area (Å²) in [5.74, 6) is 0.683. The third-order valence-electron chi connectivity index (χ3n) is 6.45. The van der Waals surface area contributed by atoms with Gasteiger partial charge in [-0.3, -0.25) is 10.1 Å². The summed E-state index contributed by atoms with van der Waals surface area (Å²) in [7, 11) is 0. The topological polar surface area (TPSA) is 108 Å². The summed E-state index contributed by atoms with van der Waals surface area (Å²) >= 11 is 0. The fourth-order valence-corrected chi connectivity index (χ4v) is 4.60. The van der Waals surface area contributed by atoms with Gasteiger partial charge in [-0.15, -0.1) is 0 Å². The molecule has 1 aromatic heterocycles. The number of hydrogen-bond donors (Lipinski definition) is 1. The van der Waals surface area contributed by atoms with Gasteiger partial charge in [-0.25, -0.2) is 0 Å². The maximum absolute atomic E-state index is 11.8. The Morgan fingerprint density at radius 1 is 0.676 bits per heavy atom. The Balaban J connectivity index is 1.34. The maximum Gasteiger partial charge on any atom is 0.353 e. The molecule has 3 aromatic rings. The predicted molar refractivity (Wildman–Crippen MR) is 135 cm³/mol. The molecule has 3 heterocycles. The highest BCUT2D eigenvalue weighted by molar-refractivity contribution is 5.71. The van der Waals surface area contributed by atoms with Crippen LogP contribution >= 0.6 is 0 Å². The van der Waals surface area contributed by atoms with Crippen LogP contribution in [0.15, 0.2) is 60.7 Å². The second-order valence-corrected chi connectivity index (χ2v) is 8.46. The third kappa shape index (κ3) is 4.39. The van der Waals surface area contributed by atoms with E-state index in [2.05, 4.69) is 48.9 Å². The molecule has 2 aliphatic rings. The Labute approximate surface area is 198 Å². The predicted octanol–water partition coefficient (Wildman–Crippen LogP) is 2.62. The average molecular weight is 461 g/mol. The van der Waals surface area contributed by atoms with Crippen molar-refractivity contribution >= 4 is 34.6 Å². The van der Waals surface area contributed by atoms with Crippen molar-refractivity contribution in [2.24, 2.45) is 0 Å². The van der Waals surface area contributed by atoms with Gasteiger partial charge in [-0.2, -0.15) is 9.97 Å². The van der Waals surface area contributed by atoms with E-state index < -0.39 is 4.92 Å². The Hall–Kier alpha value is -4.08. The van der Waals surface area contributed by atoms with Gasteiger partial charge < -0.3 is 25.3 Å². The van der Waals surface area contributed by atoms with Gasteiger partial charge in [0.15, 0.2) is 0 Å². The SMILES string of the molecule is Nc1nc(N2CCN(c3ccccc3)CC2)nc(N2CCN(c3ccccc3)CC2)c1[N+](=O)[O-]. The second-order valence-electron chi connectivity index (χ2n) is 8.46. The van der Waals surface area contributed by atoms with Crippen molar-refractivity contribution < 1.29 is 4.92 Å². The number of nitro groups is 1. The zero-order valence-electron chi connectivity index (χ0n) is 19.0. The maximum atomic E-state index is 11.8. The molecule has 10 heteroatoms. The van der Waals surface area contributed by atoms with Crippen LogP contribution in [0.3, 0.4) is 0 Å². The lowest BCUT2D eigenvalue weighted by Crippen LogP contribution is -2.48. The number of nitrogens with two attached hydrogens (primary N) is 1. The van der Waals surface area contributed by atoms with E-state index in [1.54, 1.807) is 0 Å². The second kappa shape index (κ2) is 9.42. The molecule has 10 nitrogen and oxygen atoms in total. The van der Waals surface area contributed by atoms with Gasteiger partial charge in [0.2, 0.25) is 17.6 Å². The molecule has 176 valence electrons. The van der Waals surface area contributed by atoms with Gasteiger partial charge in [0.25, 0.3) is 0 Å². The summed E-state index contributed by atoms with van der Waals surface area (Å²) < 4.78 is 0. The largest absolute Gasteiger partial charge is 0.378 e. The number of nitrogens with zero attached hydrogens (tertiary/aromatic N) is 7. The molecule has 2 saturated heterocycles. The minimum atomic E-state index is -0.467. The first kappa shape index (κ1) is 21.7. The van der Waals surface area contributed by atoms with Crippen molar-refractivity contribution in [3.8, 4) is 0 Å². The molecule has 5 rings (SSSR count). The lowest BCUT2D eigenvalue weighted by Gasteiger charge is -2.38. The molecule has 0 radical (unpaired) electrons. The van der Waals surface area contributed by atoms with Crippen LogP contribution in [-0.4, -0.2) is 67.2 Å². The zero-order chi connectivity index (χ0) is 23.5. The van der Waals surface area contributed by atoms with Crippen molar-refractivity contribution in [2.75, 3.05) is 77.7 Å². The first-order chi connectivity index (χ1) is 16.6. The summed E-state index contributed by atoms with van der Waals surface area (Å²) in [6.07, 6.45) is 0. The number of hydrogen-bond acceptors (Lipinski definition) is 9. The van der Waals surface area contributed by atoms with E-state index >= 15 is 0 Å². The van der Waals surface area contributed by atoms with Crippen LogP contribution in [-0.2, 0) is 0 Å². The highest BCUT2D eigenvalue weighted by Crippen LogP contribution is 2.34. The fourth-order valence-electron chi connectivity index (χ4n) is 4.60. The van der Waals surface area contributed by atoms with Crippen LogP contribution in [0.4, 0.5) is 34.6 Å². The molecule has 2 aliphatic heterocycles. The number of piperazine rings is 2. The molecule has 0 unspecified atom stereocenters. The van der Waals surface area contributed by atoms with E-state index in [0.29, 0.717) is 37.9 Å². The Bertz CT molecular complexity index is 1130. The van der Waals surface area contributed by atoms with Gasteiger partial charge in [0, 0.05) is 63.7 Å². The van der Waals surface area contributed by atoms with Crippen LogP contribution in [0.25, 0.3) is 0 Å². The van der Waals surface area contributed by atoms with Crippen molar-refractivity contribution in [3.63, 3.8) is 0 Å². The minimum Gasteiger partial charge on any atom is -0.378 e. The van der Waals surface area contributed by atoms with Crippen molar-refractivity contribution in [1.29, 1.82) is 0 Å². The minimum absolute atomic E-state index is 0.0824. The van der Waals surface area contributed by atoms with E-state index in [0.717, 1.165) is 31.9 Å². The first-order valence-corrected chi connectivity index (χ1v) is 11.5. The molecular weight excluding hydrogens is 432 g/mol. The lowest BCUT2D eigenvalue weighted by molar-refractivity contribution is -0.383. The summed E-state index contributed by atoms with van der Waals surface area (Å²) in [6, 6.07) is 20.5. The normalized spacial score (nSPS) is 16.6. The van der Waals surface area contributed by atoms with Gasteiger partial charge in [-0.05, 0) is 24.3 Å². The molecule has 0 aliphatic carbocycles. The Kier molecular flexibility index (Phi) is 6.03. The molecular formula is C24H28N8O2. The monoisotopic (exact) mass is 460 g/mol. The molecule has 2 N–H and O–H groups in total. The van der Waals surface area contributed by atoms with Crippen LogP contribution in [0.5, 0.6) is 0 Å². The molecule has 2 fully saturated rings. The summed E-state index contributed by atoms with van der Waals surface area (Å²) in [5, 5.41) is 11.8. The molecule has 0 spiro atoms. The van der Waals surface area contributed by atoms with Crippen molar-refractivity contribution in [3.05, 3.63) is 70.8 Å². The third-order valence-corrected chi connectivity index (χ3v) is 6.45. The van der Waals surface area contributed by atoms with Crippen LogP contribution in [0.2, 0.25) is 0 Å². The fraction of sp³-hybridized carbons (Fsp3) is 0.333. The number of rotatable bonds is 5. The molecule has 0 bridgehead atoms. The molecule has 0 amide bonds. The van der Waals surface area contributed by atoms with E-state index in [1.165, 1.54) is 5.69 Å². The van der Waals surface area contributed by atoms with Crippen LogP contribution in [0, 0.1) is 10.1 Å². The highest BCUT2D eigenvalue weighted by atomic mass is 16.6. The van der Waals surface area contributed by atoms with Crippen LogP contribution < -0.4 is 25.3 Å². The quantitative estimate of drug-likeness (QED) is 0.454. The van der Waals surface area contributed by atoms with Crippen molar-refractivity contribution in [2.45, 2.75) is 0 Å². The molecule has 0 saturated carbocycles. The smallest absolute Gasteiger partial charge is 0.353 e. The number of aromatic nitrogens is 2. The van der Waals surface area contributed by atoms with Gasteiger partial charge >= 0.3 is 5.69 Å². The van der Waals surface area contributed by atoms with Crippen LogP contribution in [0.1, 0.15) is 0 Å². The van der Waals surface area contributed by atoms with E-state index in [1.807, 2.05) is 41.3 Å². The molecule has 34 heavy (non-hydrogen) atoms. The standard InChI is InChI=1S/C24H28N8O2/c25-22-21(32(33)34)23(30-15-11-28(12-16-30)19-7-3-1-4-8-19)27-24(26-22)31-17-13-29(14-18-31)20-9-5-2-6-10-20/h1-10H,11-18H2,(H2,25,26,27). The molecule has 0 atom stereocenters. The van der Waals surface area contributed by atoms with Crippen molar-refractivity contribution in [1.82, 2.24) is 9.97 Å². The Morgan fingerprint density at radius 3 is 1.59 bits per heavy atom. The lowest BCUT2D eigenvalue weighted by atomic mass is 10.2. The van der Waals surface area contributed by atoms with E-state index in [9.17, 15) is 10.1 Å². The number of para-hydroxylation sites is 2. The first-order valence-electron chi connectivity index (χ1n) is 11.5. The number of nitrogen functional groups attached to an aromatic ring is 1. The summed E-state index contributed by atoms with van der Waals surface area (Å²) in [5.41, 5.74) is 8.23. The Morgan fingerprint density at radius 2 is 1.12 bits per heavy atom. The van der Waals surface area contributed by atoms with Gasteiger partial charge in [0.05, 0.1) is 4.92 Å². The zero-order valence-corrected chi connectivity index (χ0v) is 19.0. The number of benzene rings is 2. The number of anilines is 5.